The summed E-state index contributed by atoms with van der Waals surface area (Å²) in [6, 6.07) is 15.0. The number of hydrogen-bond donors (Lipinski definition) is 4. The Bertz CT molecular complexity index is 1370. The molecule has 1 fully saturated rings. The lowest BCUT2D eigenvalue weighted by molar-refractivity contribution is -0.178. The molecule has 0 saturated carbocycles. The number of likely N-dealkylation sites (tertiary alicyclic amines) is 1. The summed E-state index contributed by atoms with van der Waals surface area (Å²) in [5.74, 6) is -2.39. The highest BCUT2D eigenvalue weighted by Crippen LogP contribution is 2.32. The third-order valence-electron chi connectivity index (χ3n) is 7.11. The van der Waals surface area contributed by atoms with Crippen LogP contribution < -0.4 is 16.4 Å². The van der Waals surface area contributed by atoms with Crippen LogP contribution in [0.2, 0.25) is 0 Å². The summed E-state index contributed by atoms with van der Waals surface area (Å²) in [5, 5.41) is 17.0. The van der Waals surface area contributed by atoms with Crippen molar-refractivity contribution in [1.29, 1.82) is 0 Å². The number of nitrogens with two attached hydrogens (primary N) is 1. The molecule has 3 aromatic rings. The summed E-state index contributed by atoms with van der Waals surface area (Å²) in [6.45, 7) is -0.165. The highest BCUT2D eigenvalue weighted by Gasteiger charge is 2.46. The van der Waals surface area contributed by atoms with Gasteiger partial charge in [0.05, 0.1) is 24.1 Å². The van der Waals surface area contributed by atoms with Gasteiger partial charge >= 0.3 is 6.18 Å². The van der Waals surface area contributed by atoms with Crippen molar-refractivity contribution < 1.29 is 32.7 Å². The summed E-state index contributed by atoms with van der Waals surface area (Å²) < 4.78 is 40.5. The van der Waals surface area contributed by atoms with Gasteiger partial charge in [0.2, 0.25) is 11.8 Å². The molecule has 41 heavy (non-hydrogen) atoms. The fourth-order valence-electron chi connectivity index (χ4n) is 5.05. The van der Waals surface area contributed by atoms with Gasteiger partial charge in [-0.25, -0.2) is 4.98 Å². The monoisotopic (exact) mass is 571 g/mol. The van der Waals surface area contributed by atoms with Gasteiger partial charge in [-0.3, -0.25) is 19.3 Å². The number of rotatable bonds is 11. The second kappa shape index (κ2) is 13.1. The van der Waals surface area contributed by atoms with Crippen molar-refractivity contribution in [2.75, 3.05) is 13.1 Å². The zero-order chi connectivity index (χ0) is 29.6. The molecule has 0 bridgehead atoms. The van der Waals surface area contributed by atoms with Gasteiger partial charge in [0.1, 0.15) is 17.8 Å². The number of halogens is 3. The van der Waals surface area contributed by atoms with Crippen LogP contribution in [0, 0.1) is 0 Å². The fourth-order valence-corrected chi connectivity index (χ4v) is 5.05. The van der Waals surface area contributed by atoms with Gasteiger partial charge < -0.3 is 21.5 Å². The number of alkyl halides is 3. The number of para-hydroxylation sites is 1. The SMILES string of the molecule is NC(=O)C[C@H](NC(=O)c1ccc2ccccc2n1)C(=O)N[C@@H](Cc1ccccc1)[C@H](O)CN1CCC[C@H]1C(F)(F)F. The predicted molar refractivity (Wildman–Crippen MR) is 146 cm³/mol. The Balaban J connectivity index is 1.52. The maximum atomic E-state index is 13.5. The Morgan fingerprint density at radius 1 is 1.02 bits per heavy atom. The molecular weight excluding hydrogens is 539 g/mol. The zero-order valence-corrected chi connectivity index (χ0v) is 22.2. The van der Waals surface area contributed by atoms with Gasteiger partial charge in [0.15, 0.2) is 0 Å². The van der Waals surface area contributed by atoms with Crippen molar-refractivity contribution >= 4 is 28.6 Å². The van der Waals surface area contributed by atoms with Gasteiger partial charge in [0.25, 0.3) is 5.91 Å². The molecule has 9 nitrogen and oxygen atoms in total. The summed E-state index contributed by atoms with van der Waals surface area (Å²) in [5.41, 5.74) is 6.64. The Morgan fingerprint density at radius 2 is 1.73 bits per heavy atom. The average Bonchev–Trinajstić information content (AvgIpc) is 3.41. The largest absolute Gasteiger partial charge is 0.404 e. The number of hydrogen-bond acceptors (Lipinski definition) is 6. The lowest BCUT2D eigenvalue weighted by Crippen LogP contribution is -2.56. The third-order valence-corrected chi connectivity index (χ3v) is 7.11. The number of aromatic nitrogens is 1. The second-order valence-corrected chi connectivity index (χ2v) is 10.2. The molecule has 1 aliphatic rings. The molecule has 5 N–H and O–H groups in total. The standard InChI is InChI=1S/C29H32F3N5O4/c30-29(31,32)25-11-6-14-37(25)17-24(38)22(15-18-7-2-1-3-8-18)35-28(41)23(16-26(33)39)36-27(40)21-13-12-19-9-4-5-10-20(19)34-21/h1-5,7-10,12-13,22-25,38H,6,11,14-17H2,(H2,33,39)(H,35,41)(H,36,40)/t22-,23-,24+,25-/m0/s1. The first kappa shape index (κ1) is 29.9. The summed E-state index contributed by atoms with van der Waals surface area (Å²) in [6.07, 6.45) is -6.00. The number of β-amino-alcohol motifs (C(OH)–C–C–N with tert-alkyl or cyclic N) is 1. The molecule has 1 aliphatic heterocycles. The van der Waals surface area contributed by atoms with E-state index in [1.54, 1.807) is 48.5 Å². The van der Waals surface area contributed by atoms with Crippen molar-refractivity contribution in [2.24, 2.45) is 5.73 Å². The summed E-state index contributed by atoms with van der Waals surface area (Å²) >= 11 is 0. The van der Waals surface area contributed by atoms with Crippen LogP contribution in [0.1, 0.15) is 35.3 Å². The first-order valence-electron chi connectivity index (χ1n) is 13.3. The number of primary amides is 1. The van der Waals surface area contributed by atoms with E-state index in [4.69, 9.17) is 5.73 Å². The molecule has 4 rings (SSSR count). The van der Waals surface area contributed by atoms with Crippen LogP contribution in [-0.2, 0) is 16.0 Å². The Kier molecular flexibility index (Phi) is 9.56. The molecule has 0 unspecified atom stereocenters. The number of carbonyl (C=O) groups excluding carboxylic acids is 3. The van der Waals surface area contributed by atoms with E-state index < -0.39 is 54.5 Å². The minimum Gasteiger partial charge on any atom is -0.390 e. The molecule has 3 amide bonds. The molecule has 4 atom stereocenters. The number of aliphatic hydroxyl groups excluding tert-OH is 1. The highest BCUT2D eigenvalue weighted by molar-refractivity contribution is 5.99. The number of benzene rings is 2. The first-order chi connectivity index (χ1) is 19.5. The Morgan fingerprint density at radius 3 is 2.44 bits per heavy atom. The van der Waals surface area contributed by atoms with Crippen LogP contribution in [0.4, 0.5) is 13.2 Å². The first-order valence-corrected chi connectivity index (χ1v) is 13.3. The summed E-state index contributed by atoms with van der Waals surface area (Å²) in [4.78, 5) is 43.6. The quantitative estimate of drug-likeness (QED) is 0.279. The van der Waals surface area contributed by atoms with Crippen LogP contribution in [0.15, 0.2) is 66.7 Å². The van der Waals surface area contributed by atoms with Crippen molar-refractivity contribution in [3.63, 3.8) is 0 Å². The maximum Gasteiger partial charge on any atom is 0.404 e. The van der Waals surface area contributed by atoms with Gasteiger partial charge in [-0.15, -0.1) is 0 Å². The van der Waals surface area contributed by atoms with Crippen LogP contribution in [0.25, 0.3) is 10.9 Å². The average molecular weight is 572 g/mol. The van der Waals surface area contributed by atoms with E-state index in [2.05, 4.69) is 15.6 Å². The number of aliphatic hydroxyl groups is 1. The lowest BCUT2D eigenvalue weighted by Gasteiger charge is -2.32. The number of pyridine rings is 1. The maximum absolute atomic E-state index is 13.5. The smallest absolute Gasteiger partial charge is 0.390 e. The minimum absolute atomic E-state index is 0.0130. The van der Waals surface area contributed by atoms with Gasteiger partial charge in [-0.1, -0.05) is 54.6 Å². The number of amides is 3. The number of carbonyl (C=O) groups is 3. The van der Waals surface area contributed by atoms with Crippen LogP contribution in [0.5, 0.6) is 0 Å². The Hall–Kier alpha value is -4.03. The topological polar surface area (TPSA) is 138 Å². The van der Waals surface area contributed by atoms with E-state index >= 15 is 0 Å². The molecule has 218 valence electrons. The molecule has 12 heteroatoms. The van der Waals surface area contributed by atoms with E-state index in [9.17, 15) is 32.7 Å². The van der Waals surface area contributed by atoms with Crippen molar-refractivity contribution in [1.82, 2.24) is 20.5 Å². The molecular formula is C29H32F3N5O4. The van der Waals surface area contributed by atoms with Gasteiger partial charge in [0, 0.05) is 11.9 Å². The normalized spacial score (nSPS) is 18.0. The van der Waals surface area contributed by atoms with Crippen LogP contribution >= 0.6 is 0 Å². The molecule has 1 aromatic heterocycles. The predicted octanol–water partition coefficient (Wildman–Crippen LogP) is 2.32. The van der Waals surface area contributed by atoms with Crippen LogP contribution in [-0.4, -0.2) is 76.2 Å². The fraction of sp³-hybridized carbons (Fsp3) is 0.379. The number of nitrogens with zero attached hydrogens (tertiary/aromatic N) is 2. The number of nitrogens with one attached hydrogen (secondary N) is 2. The summed E-state index contributed by atoms with van der Waals surface area (Å²) in [7, 11) is 0. The van der Waals surface area contributed by atoms with E-state index in [0.717, 1.165) is 10.9 Å². The lowest BCUT2D eigenvalue weighted by atomic mass is 9.99. The number of fused-ring (bicyclic) bond motifs is 1. The van der Waals surface area contributed by atoms with Crippen LogP contribution in [0.3, 0.4) is 0 Å². The Labute approximate surface area is 234 Å². The van der Waals surface area contributed by atoms with Crippen molar-refractivity contribution in [3.8, 4) is 0 Å². The third kappa shape index (κ3) is 8.01. The molecule has 2 aromatic carbocycles. The van der Waals surface area contributed by atoms with Crippen molar-refractivity contribution in [2.45, 2.75) is 56.1 Å². The molecule has 0 radical (unpaired) electrons. The second-order valence-electron chi connectivity index (χ2n) is 10.2. The van der Waals surface area contributed by atoms with Crippen molar-refractivity contribution in [3.05, 3.63) is 78.0 Å². The van der Waals surface area contributed by atoms with Gasteiger partial charge in [-0.2, -0.15) is 13.2 Å². The highest BCUT2D eigenvalue weighted by atomic mass is 19.4. The van der Waals surface area contributed by atoms with E-state index in [1.165, 1.54) is 11.0 Å². The minimum atomic E-state index is -4.44. The molecule has 0 aliphatic carbocycles. The van der Waals surface area contributed by atoms with E-state index in [-0.39, 0.29) is 31.6 Å². The van der Waals surface area contributed by atoms with Gasteiger partial charge in [-0.05, 0) is 43.5 Å². The van der Waals surface area contributed by atoms with E-state index in [1.807, 2.05) is 12.1 Å². The molecule has 2 heterocycles. The zero-order valence-electron chi connectivity index (χ0n) is 22.2. The molecule has 1 saturated heterocycles. The molecule has 0 spiro atoms. The van der Waals surface area contributed by atoms with E-state index in [0.29, 0.717) is 11.9 Å².